The van der Waals surface area contributed by atoms with Crippen LogP contribution in [0, 0.1) is 6.07 Å². The average Bonchev–Trinajstić information content (AvgIpc) is 2.30. The summed E-state index contributed by atoms with van der Waals surface area (Å²) in [6, 6.07) is 9.92. The van der Waals surface area contributed by atoms with Gasteiger partial charge in [0.1, 0.15) is 0 Å². The summed E-state index contributed by atoms with van der Waals surface area (Å²) >= 11 is 0. The quantitative estimate of drug-likeness (QED) is 0.797. The minimum absolute atomic E-state index is 0. The molecule has 0 spiro atoms. The summed E-state index contributed by atoms with van der Waals surface area (Å²) in [5.74, 6) is 1.00. The van der Waals surface area contributed by atoms with Crippen molar-refractivity contribution in [3.05, 3.63) is 58.6 Å². The molecular formula is C13H13N2OY-. The minimum Gasteiger partial charge on any atom is -0.367 e. The van der Waals surface area contributed by atoms with Crippen molar-refractivity contribution in [1.29, 1.82) is 0 Å². The molecular weight excluding hydrogens is 289 g/mol. The Hall–Kier alpha value is -0.796. The molecule has 0 saturated carbocycles. The zero-order chi connectivity index (χ0) is 11.5. The van der Waals surface area contributed by atoms with Crippen molar-refractivity contribution >= 4 is 0 Å². The smallest absolute Gasteiger partial charge is 0.245 e. The maximum atomic E-state index is 11.5. The Balaban J connectivity index is 0.00000144. The summed E-state index contributed by atoms with van der Waals surface area (Å²) < 4.78 is 1.50. The van der Waals surface area contributed by atoms with Crippen LogP contribution in [0.15, 0.2) is 41.5 Å². The van der Waals surface area contributed by atoms with Gasteiger partial charge in [0.25, 0.3) is 0 Å². The van der Waals surface area contributed by atoms with Crippen LogP contribution >= 0.6 is 0 Å². The minimum atomic E-state index is -0.0827. The number of nitrogens with zero attached hydrogens (tertiary/aromatic N) is 2. The van der Waals surface area contributed by atoms with Gasteiger partial charge in [0.2, 0.25) is 5.56 Å². The molecule has 0 aliphatic rings. The third-order valence-corrected chi connectivity index (χ3v) is 2.40. The fourth-order valence-electron chi connectivity index (χ4n) is 1.42. The van der Waals surface area contributed by atoms with E-state index in [0.29, 0.717) is 11.7 Å². The third kappa shape index (κ3) is 3.33. The van der Waals surface area contributed by atoms with Crippen LogP contribution in [0.5, 0.6) is 0 Å². The molecule has 0 N–H and O–H groups in total. The maximum absolute atomic E-state index is 11.5. The first-order chi connectivity index (χ1) is 7.68. The molecule has 17 heavy (non-hydrogen) atoms. The van der Waals surface area contributed by atoms with Crippen LogP contribution < -0.4 is 5.56 Å². The van der Waals surface area contributed by atoms with Gasteiger partial charge in [0, 0.05) is 50.8 Å². The van der Waals surface area contributed by atoms with Crippen LogP contribution in [0.3, 0.4) is 0 Å². The molecule has 4 heteroatoms. The average molecular weight is 302 g/mol. The summed E-state index contributed by atoms with van der Waals surface area (Å²) in [6.45, 7) is 4.17. The molecule has 1 radical (unpaired) electrons. The van der Waals surface area contributed by atoms with Crippen LogP contribution in [0.25, 0.3) is 5.82 Å². The van der Waals surface area contributed by atoms with Crippen molar-refractivity contribution in [3.8, 4) is 5.82 Å². The van der Waals surface area contributed by atoms with Gasteiger partial charge in [-0.3, -0.25) is 4.79 Å². The molecule has 0 amide bonds. The fraction of sp³-hybridized carbons (Fsp3) is 0.231. The number of rotatable bonds is 2. The van der Waals surface area contributed by atoms with Crippen LogP contribution in [0.2, 0.25) is 0 Å². The predicted octanol–water partition coefficient (Wildman–Crippen LogP) is 2.15. The molecule has 0 unspecified atom stereocenters. The molecule has 0 fully saturated rings. The van der Waals surface area contributed by atoms with Crippen LogP contribution in [0.4, 0.5) is 0 Å². The second-order valence-electron chi connectivity index (χ2n) is 3.92. The molecule has 0 bridgehead atoms. The molecule has 2 aromatic rings. The number of hydrogen-bond acceptors (Lipinski definition) is 2. The zero-order valence-electron chi connectivity index (χ0n) is 9.92. The number of aromatic nitrogens is 2. The van der Waals surface area contributed by atoms with E-state index < -0.39 is 0 Å². The van der Waals surface area contributed by atoms with Gasteiger partial charge in [0.05, 0.1) is 0 Å². The van der Waals surface area contributed by atoms with Crippen molar-refractivity contribution in [2.75, 3.05) is 0 Å². The van der Waals surface area contributed by atoms with Gasteiger partial charge in [-0.1, -0.05) is 26.1 Å². The van der Waals surface area contributed by atoms with Gasteiger partial charge in [-0.25, -0.2) is 0 Å². The van der Waals surface area contributed by atoms with Gasteiger partial charge in [-0.2, -0.15) is 6.07 Å². The molecule has 0 aliphatic heterocycles. The Labute approximate surface area is 126 Å². The number of hydrogen-bond donors (Lipinski definition) is 0. The molecule has 0 atom stereocenters. The van der Waals surface area contributed by atoms with Gasteiger partial charge >= 0.3 is 0 Å². The molecule has 2 aromatic heterocycles. The zero-order valence-corrected chi connectivity index (χ0v) is 12.8. The van der Waals surface area contributed by atoms with Crippen molar-refractivity contribution in [3.63, 3.8) is 0 Å². The van der Waals surface area contributed by atoms with E-state index >= 15 is 0 Å². The van der Waals surface area contributed by atoms with Crippen molar-refractivity contribution in [2.24, 2.45) is 0 Å². The number of pyridine rings is 2. The first-order valence-corrected chi connectivity index (χ1v) is 5.24. The summed E-state index contributed by atoms with van der Waals surface area (Å²) in [5, 5.41) is 0. The van der Waals surface area contributed by atoms with E-state index in [1.54, 1.807) is 30.6 Å². The molecule has 85 valence electrons. The van der Waals surface area contributed by atoms with Gasteiger partial charge in [-0.15, -0.1) is 11.6 Å². The molecule has 3 nitrogen and oxygen atoms in total. The second-order valence-corrected chi connectivity index (χ2v) is 3.92. The molecule has 2 rings (SSSR count). The predicted molar refractivity (Wildman–Crippen MR) is 62.8 cm³/mol. The monoisotopic (exact) mass is 302 g/mol. The molecule has 0 aliphatic carbocycles. The summed E-state index contributed by atoms with van der Waals surface area (Å²) in [5.41, 5.74) is 0.966. The van der Waals surface area contributed by atoms with Crippen molar-refractivity contribution in [1.82, 2.24) is 9.55 Å². The van der Waals surface area contributed by atoms with E-state index in [9.17, 15) is 4.79 Å². The fourth-order valence-corrected chi connectivity index (χ4v) is 1.42. The largest absolute Gasteiger partial charge is 0.367 e. The van der Waals surface area contributed by atoms with Crippen molar-refractivity contribution < 1.29 is 32.7 Å². The van der Waals surface area contributed by atoms with Crippen LogP contribution in [-0.4, -0.2) is 9.55 Å². The first-order valence-electron chi connectivity index (χ1n) is 5.24. The summed E-state index contributed by atoms with van der Waals surface area (Å²) in [7, 11) is 0. The van der Waals surface area contributed by atoms with E-state index in [1.807, 2.05) is 0 Å². The van der Waals surface area contributed by atoms with E-state index in [4.69, 9.17) is 0 Å². The van der Waals surface area contributed by atoms with Gasteiger partial charge < -0.3 is 9.55 Å². The van der Waals surface area contributed by atoms with E-state index in [-0.39, 0.29) is 38.3 Å². The van der Waals surface area contributed by atoms with Crippen LogP contribution in [-0.2, 0) is 32.7 Å². The Morgan fingerprint density at radius 2 is 2.12 bits per heavy atom. The van der Waals surface area contributed by atoms with E-state index in [0.717, 1.165) is 5.56 Å². The Kier molecular flexibility index (Phi) is 5.22. The molecule has 0 aromatic carbocycles. The van der Waals surface area contributed by atoms with E-state index in [1.165, 1.54) is 10.6 Å². The standard InChI is InChI=1S/C13H13N2O.Y/c1-10(2)11-6-7-12(14-9-11)15-8-4-3-5-13(15)16;/h3-5,7-10H,1-2H3;/q-1;. The second kappa shape index (κ2) is 6.22. The topological polar surface area (TPSA) is 34.9 Å². The van der Waals surface area contributed by atoms with Gasteiger partial charge in [0.15, 0.2) is 0 Å². The normalized spacial score (nSPS) is 10.1. The summed E-state index contributed by atoms with van der Waals surface area (Å²) in [4.78, 5) is 15.8. The maximum Gasteiger partial charge on any atom is 0.245 e. The first kappa shape index (κ1) is 14.3. The van der Waals surface area contributed by atoms with Crippen LogP contribution in [0.1, 0.15) is 25.3 Å². The third-order valence-electron chi connectivity index (χ3n) is 2.40. The van der Waals surface area contributed by atoms with E-state index in [2.05, 4.69) is 24.9 Å². The molecule has 2 heterocycles. The Bertz CT molecular complexity index is 532. The van der Waals surface area contributed by atoms with Gasteiger partial charge in [-0.05, 0) is 12.0 Å². The SMILES string of the molecule is CC(C)c1[c-]cc(-n2ccccc2=O)nc1.[Y]. The Morgan fingerprint density at radius 1 is 1.35 bits per heavy atom. The molecule has 0 saturated heterocycles. The van der Waals surface area contributed by atoms with Crippen molar-refractivity contribution in [2.45, 2.75) is 19.8 Å². The summed E-state index contributed by atoms with van der Waals surface area (Å²) in [6.07, 6.45) is 3.47. The Morgan fingerprint density at radius 3 is 2.65 bits per heavy atom.